The summed E-state index contributed by atoms with van der Waals surface area (Å²) in [6, 6.07) is 10.2. The van der Waals surface area contributed by atoms with Crippen molar-refractivity contribution in [3.63, 3.8) is 0 Å². The number of benzene rings is 1. The van der Waals surface area contributed by atoms with Crippen molar-refractivity contribution in [3.8, 4) is 0 Å². The van der Waals surface area contributed by atoms with E-state index in [0.717, 1.165) is 19.3 Å². The zero-order chi connectivity index (χ0) is 17.9. The molecule has 0 bridgehead atoms. The van der Waals surface area contributed by atoms with E-state index >= 15 is 0 Å². The van der Waals surface area contributed by atoms with E-state index in [4.69, 9.17) is 4.74 Å². The summed E-state index contributed by atoms with van der Waals surface area (Å²) in [5.41, 5.74) is 1.24. The summed E-state index contributed by atoms with van der Waals surface area (Å²) in [6.45, 7) is 0.618. The number of nitrogens with one attached hydrogen (secondary N) is 1. The highest BCUT2D eigenvalue weighted by Crippen LogP contribution is 2.43. The van der Waals surface area contributed by atoms with E-state index < -0.39 is 11.9 Å². The number of esters is 1. The summed E-state index contributed by atoms with van der Waals surface area (Å²) in [4.78, 5) is 37.0. The molecule has 2 aliphatic rings. The lowest BCUT2D eigenvalue weighted by Crippen LogP contribution is -2.46. The predicted molar refractivity (Wildman–Crippen MR) is 91.7 cm³/mol. The third kappa shape index (κ3) is 3.83. The van der Waals surface area contributed by atoms with Gasteiger partial charge in [0.15, 0.2) is 6.61 Å². The van der Waals surface area contributed by atoms with Crippen molar-refractivity contribution >= 4 is 17.8 Å². The van der Waals surface area contributed by atoms with Gasteiger partial charge in [-0.05, 0) is 18.4 Å². The van der Waals surface area contributed by atoms with Gasteiger partial charge in [0.25, 0.3) is 5.91 Å². The number of rotatable bonds is 6. The molecule has 6 nitrogen and oxygen atoms in total. The first-order valence-electron chi connectivity index (χ1n) is 8.73. The topological polar surface area (TPSA) is 75.7 Å². The molecule has 0 radical (unpaired) electrons. The van der Waals surface area contributed by atoms with Crippen LogP contribution in [-0.4, -0.2) is 49.4 Å². The number of hydrogen-bond donors (Lipinski definition) is 1. The Morgan fingerprint density at radius 3 is 2.56 bits per heavy atom. The molecule has 3 rings (SSSR count). The minimum Gasteiger partial charge on any atom is -0.455 e. The van der Waals surface area contributed by atoms with E-state index in [1.165, 1.54) is 10.5 Å². The van der Waals surface area contributed by atoms with Gasteiger partial charge in [-0.15, -0.1) is 0 Å². The highest BCUT2D eigenvalue weighted by Gasteiger charge is 2.39. The van der Waals surface area contributed by atoms with Gasteiger partial charge in [-0.2, -0.15) is 0 Å². The smallest absolute Gasteiger partial charge is 0.311 e. The second-order valence-electron chi connectivity index (χ2n) is 7.06. The van der Waals surface area contributed by atoms with Crippen LogP contribution in [0, 0.1) is 5.92 Å². The molecule has 1 aliphatic carbocycles. The number of carbonyl (C=O) groups excluding carboxylic acids is 3. The Labute approximate surface area is 147 Å². The molecule has 25 heavy (non-hydrogen) atoms. The fraction of sp³-hybridized carbons (Fsp3) is 0.526. The molecule has 1 heterocycles. The quantitative estimate of drug-likeness (QED) is 0.788. The Kier molecular flexibility index (Phi) is 5.06. The van der Waals surface area contributed by atoms with Crippen LogP contribution in [0.1, 0.15) is 31.2 Å². The molecule has 2 fully saturated rings. The summed E-state index contributed by atoms with van der Waals surface area (Å²) < 4.78 is 5.08. The van der Waals surface area contributed by atoms with Crippen LogP contribution in [0.5, 0.6) is 0 Å². The summed E-state index contributed by atoms with van der Waals surface area (Å²) >= 11 is 0. The van der Waals surface area contributed by atoms with Crippen LogP contribution in [0.15, 0.2) is 30.3 Å². The van der Waals surface area contributed by atoms with Gasteiger partial charge < -0.3 is 15.0 Å². The highest BCUT2D eigenvalue weighted by molar-refractivity contribution is 5.88. The lowest BCUT2D eigenvalue weighted by molar-refractivity contribution is -0.152. The molecule has 2 amide bonds. The molecular weight excluding hydrogens is 320 g/mol. The number of nitrogens with zero attached hydrogens (tertiary/aromatic N) is 1. The van der Waals surface area contributed by atoms with Crippen LogP contribution < -0.4 is 5.32 Å². The average Bonchev–Trinajstić information content (AvgIpc) is 2.92. The first-order chi connectivity index (χ1) is 12.0. The van der Waals surface area contributed by atoms with Crippen LogP contribution in [0.3, 0.4) is 0 Å². The van der Waals surface area contributed by atoms with Crippen molar-refractivity contribution in [2.24, 2.45) is 5.92 Å². The van der Waals surface area contributed by atoms with Crippen molar-refractivity contribution in [1.29, 1.82) is 0 Å². The largest absolute Gasteiger partial charge is 0.455 e. The summed E-state index contributed by atoms with van der Waals surface area (Å²) in [7, 11) is 1.66. The Morgan fingerprint density at radius 1 is 1.28 bits per heavy atom. The first-order valence-corrected chi connectivity index (χ1v) is 8.73. The second kappa shape index (κ2) is 7.25. The number of amides is 2. The van der Waals surface area contributed by atoms with Gasteiger partial charge in [0.1, 0.15) is 0 Å². The maximum Gasteiger partial charge on any atom is 0.311 e. The first kappa shape index (κ1) is 17.5. The number of ether oxygens (including phenoxy) is 1. The SMILES string of the molecule is CN1CC(C(=O)OCC(=O)NCC2(c3ccccc3)CCC2)CC1=O. The van der Waals surface area contributed by atoms with Crippen molar-refractivity contribution < 1.29 is 19.1 Å². The molecular formula is C19H24N2O4. The van der Waals surface area contributed by atoms with Crippen LogP contribution in [0.2, 0.25) is 0 Å². The van der Waals surface area contributed by atoms with Gasteiger partial charge in [-0.1, -0.05) is 36.8 Å². The molecule has 1 saturated carbocycles. The molecule has 1 aromatic carbocycles. The maximum absolute atomic E-state index is 12.0. The molecule has 0 spiro atoms. The molecule has 0 aromatic heterocycles. The van der Waals surface area contributed by atoms with Gasteiger partial charge in [-0.3, -0.25) is 14.4 Å². The molecule has 1 unspecified atom stereocenters. The fourth-order valence-corrected chi connectivity index (χ4v) is 3.56. The molecule has 1 saturated heterocycles. The highest BCUT2D eigenvalue weighted by atomic mass is 16.5. The Hall–Kier alpha value is -2.37. The minimum atomic E-state index is -0.478. The number of carbonyl (C=O) groups is 3. The molecule has 6 heteroatoms. The predicted octanol–water partition coefficient (Wildman–Crippen LogP) is 1.25. The fourth-order valence-electron chi connectivity index (χ4n) is 3.56. The zero-order valence-electron chi connectivity index (χ0n) is 14.5. The van der Waals surface area contributed by atoms with Crippen LogP contribution in [0.4, 0.5) is 0 Å². The van der Waals surface area contributed by atoms with Crippen molar-refractivity contribution in [3.05, 3.63) is 35.9 Å². The van der Waals surface area contributed by atoms with Crippen molar-refractivity contribution in [1.82, 2.24) is 10.2 Å². The summed E-state index contributed by atoms with van der Waals surface area (Å²) in [5.74, 6) is -1.31. The van der Waals surface area contributed by atoms with Gasteiger partial charge in [0, 0.05) is 32.0 Å². The monoisotopic (exact) mass is 344 g/mol. The molecule has 1 N–H and O–H groups in total. The molecule has 1 aliphatic heterocycles. The lowest BCUT2D eigenvalue weighted by Gasteiger charge is -2.42. The van der Waals surface area contributed by atoms with E-state index in [9.17, 15) is 14.4 Å². The Balaban J connectivity index is 1.45. The normalized spacial score (nSPS) is 21.6. The third-order valence-electron chi connectivity index (χ3n) is 5.34. The lowest BCUT2D eigenvalue weighted by atomic mass is 9.64. The van der Waals surface area contributed by atoms with Gasteiger partial charge in [-0.25, -0.2) is 0 Å². The van der Waals surface area contributed by atoms with Gasteiger partial charge in [0.2, 0.25) is 5.91 Å². The van der Waals surface area contributed by atoms with E-state index in [1.54, 1.807) is 7.05 Å². The molecule has 134 valence electrons. The van der Waals surface area contributed by atoms with Gasteiger partial charge >= 0.3 is 5.97 Å². The van der Waals surface area contributed by atoms with Crippen LogP contribution in [0.25, 0.3) is 0 Å². The minimum absolute atomic E-state index is 0.00150. The average molecular weight is 344 g/mol. The summed E-state index contributed by atoms with van der Waals surface area (Å²) in [5, 5.41) is 2.89. The Morgan fingerprint density at radius 2 is 2.00 bits per heavy atom. The zero-order valence-corrected chi connectivity index (χ0v) is 14.5. The van der Waals surface area contributed by atoms with E-state index in [1.807, 2.05) is 18.2 Å². The summed E-state index contributed by atoms with van der Waals surface area (Å²) in [6.07, 6.45) is 3.41. The molecule has 1 aromatic rings. The number of likely N-dealkylation sites (tertiary alicyclic amines) is 1. The molecule has 1 atom stereocenters. The van der Waals surface area contributed by atoms with Crippen molar-refractivity contribution in [2.75, 3.05) is 26.7 Å². The number of hydrogen-bond acceptors (Lipinski definition) is 4. The van der Waals surface area contributed by atoms with E-state index in [-0.39, 0.29) is 30.3 Å². The van der Waals surface area contributed by atoms with Crippen LogP contribution >= 0.6 is 0 Å². The standard InChI is InChI=1S/C19H24N2O4/c1-21-11-14(10-17(21)23)18(24)25-12-16(22)20-13-19(8-5-9-19)15-6-3-2-4-7-15/h2-4,6-7,14H,5,8-13H2,1H3,(H,20,22). The second-order valence-corrected chi connectivity index (χ2v) is 7.06. The maximum atomic E-state index is 12.0. The van der Waals surface area contributed by atoms with Crippen molar-refractivity contribution in [2.45, 2.75) is 31.1 Å². The van der Waals surface area contributed by atoms with Gasteiger partial charge in [0.05, 0.1) is 5.92 Å². The third-order valence-corrected chi connectivity index (χ3v) is 5.34. The van der Waals surface area contributed by atoms with E-state index in [0.29, 0.717) is 13.1 Å². The van der Waals surface area contributed by atoms with E-state index in [2.05, 4.69) is 17.4 Å². The Bertz CT molecular complexity index is 655. The van der Waals surface area contributed by atoms with Crippen LogP contribution in [-0.2, 0) is 24.5 Å².